The number of carbonyl (C=O) groups excluding carboxylic acids is 1. The highest BCUT2D eigenvalue weighted by Gasteiger charge is 2.21. The van der Waals surface area contributed by atoms with Crippen LogP contribution < -0.4 is 10.6 Å². The van der Waals surface area contributed by atoms with E-state index < -0.39 is 0 Å². The van der Waals surface area contributed by atoms with E-state index in [1.807, 2.05) is 31.2 Å². The molecule has 0 spiro atoms. The molecule has 4 nitrogen and oxygen atoms in total. The molecule has 116 valence electrons. The highest BCUT2D eigenvalue weighted by molar-refractivity contribution is 7.16. The molecule has 1 aromatic carbocycles. The molecular formula is C18H17N3OS. The van der Waals surface area contributed by atoms with E-state index in [2.05, 4.69) is 16.7 Å². The van der Waals surface area contributed by atoms with Crippen molar-refractivity contribution in [3.8, 4) is 6.07 Å². The third-order valence-corrected chi connectivity index (χ3v) is 5.03. The zero-order chi connectivity index (χ0) is 16.2. The van der Waals surface area contributed by atoms with E-state index in [-0.39, 0.29) is 5.91 Å². The topological polar surface area (TPSA) is 64.9 Å². The predicted molar refractivity (Wildman–Crippen MR) is 93.3 cm³/mol. The average molecular weight is 323 g/mol. The largest absolute Gasteiger partial charge is 0.313 e. The third kappa shape index (κ3) is 3.34. The summed E-state index contributed by atoms with van der Waals surface area (Å²) in [5.74, 6) is -0.212. The fourth-order valence-electron chi connectivity index (χ4n) is 2.63. The van der Waals surface area contributed by atoms with Crippen LogP contribution in [0.25, 0.3) is 6.08 Å². The van der Waals surface area contributed by atoms with Gasteiger partial charge in [0.1, 0.15) is 11.1 Å². The number of anilines is 1. The minimum Gasteiger partial charge on any atom is -0.313 e. The summed E-state index contributed by atoms with van der Waals surface area (Å²) >= 11 is 1.49. The van der Waals surface area contributed by atoms with Crippen LogP contribution in [0.5, 0.6) is 0 Å². The first-order valence-electron chi connectivity index (χ1n) is 7.49. The summed E-state index contributed by atoms with van der Waals surface area (Å²) in [6.07, 6.45) is 4.15. The zero-order valence-corrected chi connectivity index (χ0v) is 13.7. The van der Waals surface area contributed by atoms with Gasteiger partial charge in [-0.25, -0.2) is 0 Å². The van der Waals surface area contributed by atoms with Gasteiger partial charge in [0.25, 0.3) is 0 Å². The summed E-state index contributed by atoms with van der Waals surface area (Å²) in [5, 5.41) is 16.2. The summed E-state index contributed by atoms with van der Waals surface area (Å²) in [6.45, 7) is 3.65. The number of thiophene rings is 1. The number of hydrogen-bond acceptors (Lipinski definition) is 4. The lowest BCUT2D eigenvalue weighted by atomic mass is 10.1. The van der Waals surface area contributed by atoms with Crippen LogP contribution in [0.15, 0.2) is 30.3 Å². The van der Waals surface area contributed by atoms with Crippen LogP contribution in [-0.4, -0.2) is 12.5 Å². The molecule has 1 aliphatic heterocycles. The van der Waals surface area contributed by atoms with Gasteiger partial charge >= 0.3 is 0 Å². The summed E-state index contributed by atoms with van der Waals surface area (Å²) in [5.41, 5.74) is 3.82. The summed E-state index contributed by atoms with van der Waals surface area (Å²) in [6, 6.07) is 10.1. The molecule has 1 aromatic heterocycles. The zero-order valence-electron chi connectivity index (χ0n) is 12.8. The maximum absolute atomic E-state index is 12.2. The maximum Gasteiger partial charge on any atom is 0.249 e. The van der Waals surface area contributed by atoms with Crippen molar-refractivity contribution in [2.45, 2.75) is 19.9 Å². The molecule has 0 atom stereocenters. The number of aryl methyl sites for hydroxylation is 1. The van der Waals surface area contributed by atoms with Crippen molar-refractivity contribution in [2.24, 2.45) is 0 Å². The van der Waals surface area contributed by atoms with Crippen LogP contribution in [0.1, 0.15) is 27.1 Å². The Morgan fingerprint density at radius 1 is 1.43 bits per heavy atom. The number of nitrogens with one attached hydrogen (secondary N) is 2. The van der Waals surface area contributed by atoms with Crippen molar-refractivity contribution in [1.29, 1.82) is 5.26 Å². The number of carbonyl (C=O) groups is 1. The highest BCUT2D eigenvalue weighted by Crippen LogP contribution is 2.34. The predicted octanol–water partition coefficient (Wildman–Crippen LogP) is 3.23. The molecule has 0 saturated carbocycles. The number of amides is 1. The molecule has 0 radical (unpaired) electrons. The van der Waals surface area contributed by atoms with Crippen LogP contribution in [0.4, 0.5) is 5.00 Å². The van der Waals surface area contributed by atoms with Crippen molar-refractivity contribution in [1.82, 2.24) is 5.32 Å². The molecule has 0 saturated heterocycles. The molecule has 1 aliphatic rings. The Morgan fingerprint density at radius 2 is 2.26 bits per heavy atom. The van der Waals surface area contributed by atoms with Crippen LogP contribution in [0.2, 0.25) is 0 Å². The van der Waals surface area contributed by atoms with Gasteiger partial charge in [0, 0.05) is 17.5 Å². The minimum atomic E-state index is -0.212. The number of nitriles is 1. The summed E-state index contributed by atoms with van der Waals surface area (Å²) in [4.78, 5) is 13.3. The van der Waals surface area contributed by atoms with E-state index in [1.54, 1.807) is 6.08 Å². The standard InChI is InChI=1S/C18H17N3OS/c1-12-4-2-3-5-13(12)6-7-17(22)21-18-15(10-19)14-8-9-20-11-16(14)23-18/h2-7,20H,8-9,11H2,1H3,(H,21,22)/b7-6-. The van der Waals surface area contributed by atoms with Crippen LogP contribution in [0.3, 0.4) is 0 Å². The lowest BCUT2D eigenvalue weighted by Gasteiger charge is -2.11. The van der Waals surface area contributed by atoms with Gasteiger partial charge < -0.3 is 10.6 Å². The number of rotatable bonds is 3. The van der Waals surface area contributed by atoms with Crippen LogP contribution >= 0.6 is 11.3 Å². The first kappa shape index (κ1) is 15.5. The summed E-state index contributed by atoms with van der Waals surface area (Å²) < 4.78 is 0. The molecule has 2 heterocycles. The van der Waals surface area contributed by atoms with Gasteiger partial charge in [0.2, 0.25) is 5.91 Å². The molecule has 2 aromatic rings. The molecule has 2 N–H and O–H groups in total. The van der Waals surface area contributed by atoms with Crippen LogP contribution in [-0.2, 0) is 17.8 Å². The Kier molecular flexibility index (Phi) is 4.56. The highest BCUT2D eigenvalue weighted by atomic mass is 32.1. The van der Waals surface area contributed by atoms with Gasteiger partial charge in [-0.1, -0.05) is 24.3 Å². The van der Waals surface area contributed by atoms with Crippen molar-refractivity contribution in [3.63, 3.8) is 0 Å². The van der Waals surface area contributed by atoms with E-state index in [0.29, 0.717) is 10.6 Å². The molecule has 0 aliphatic carbocycles. The Balaban J connectivity index is 1.77. The quantitative estimate of drug-likeness (QED) is 0.852. The molecule has 0 fully saturated rings. The second-order valence-corrected chi connectivity index (χ2v) is 6.53. The summed E-state index contributed by atoms with van der Waals surface area (Å²) in [7, 11) is 0. The molecule has 0 unspecified atom stereocenters. The van der Waals surface area contributed by atoms with Gasteiger partial charge in [-0.15, -0.1) is 11.3 Å². The van der Waals surface area contributed by atoms with Crippen molar-refractivity contribution in [2.75, 3.05) is 11.9 Å². The average Bonchev–Trinajstić information content (AvgIpc) is 2.91. The lowest BCUT2D eigenvalue weighted by molar-refractivity contribution is -0.111. The van der Waals surface area contributed by atoms with Gasteiger partial charge in [-0.3, -0.25) is 4.79 Å². The number of hydrogen-bond donors (Lipinski definition) is 2. The SMILES string of the molecule is Cc1ccccc1/C=C\C(=O)Nc1sc2c(c1C#N)CCNC2. The molecule has 5 heteroatoms. The van der Waals surface area contributed by atoms with E-state index >= 15 is 0 Å². The van der Waals surface area contributed by atoms with Gasteiger partial charge in [-0.2, -0.15) is 5.26 Å². The Hall–Kier alpha value is -2.42. The first-order valence-corrected chi connectivity index (χ1v) is 8.30. The monoisotopic (exact) mass is 323 g/mol. The Labute approximate surface area is 139 Å². The fraction of sp³-hybridized carbons (Fsp3) is 0.222. The molecular weight excluding hydrogens is 306 g/mol. The second-order valence-electron chi connectivity index (χ2n) is 5.43. The fourth-order valence-corrected chi connectivity index (χ4v) is 3.80. The molecule has 1 amide bonds. The second kappa shape index (κ2) is 6.78. The van der Waals surface area contributed by atoms with Crippen molar-refractivity contribution >= 4 is 28.3 Å². The molecule has 3 rings (SSSR count). The number of benzene rings is 1. The van der Waals surface area contributed by atoms with E-state index in [4.69, 9.17) is 0 Å². The Morgan fingerprint density at radius 3 is 3.04 bits per heavy atom. The van der Waals surface area contributed by atoms with Crippen molar-refractivity contribution < 1.29 is 4.79 Å². The smallest absolute Gasteiger partial charge is 0.249 e. The normalized spacial score (nSPS) is 13.6. The van der Waals surface area contributed by atoms with Crippen molar-refractivity contribution in [3.05, 3.63) is 57.5 Å². The van der Waals surface area contributed by atoms with Crippen LogP contribution in [0, 0.1) is 18.3 Å². The van der Waals surface area contributed by atoms with E-state index in [1.165, 1.54) is 17.4 Å². The van der Waals surface area contributed by atoms with Gasteiger partial charge in [0.15, 0.2) is 0 Å². The van der Waals surface area contributed by atoms with E-state index in [9.17, 15) is 10.1 Å². The minimum absolute atomic E-state index is 0.212. The van der Waals surface area contributed by atoms with E-state index in [0.717, 1.165) is 41.1 Å². The van der Waals surface area contributed by atoms with Gasteiger partial charge in [0.05, 0.1) is 5.56 Å². The first-order chi connectivity index (χ1) is 11.2. The molecule has 0 bridgehead atoms. The number of fused-ring (bicyclic) bond motifs is 1. The maximum atomic E-state index is 12.2. The van der Waals surface area contributed by atoms with Gasteiger partial charge in [-0.05, 0) is 42.7 Å². The lowest BCUT2D eigenvalue weighted by Crippen LogP contribution is -2.22. The number of nitrogens with zero attached hydrogens (tertiary/aromatic N) is 1. The third-order valence-electron chi connectivity index (χ3n) is 3.88. The molecule has 23 heavy (non-hydrogen) atoms. The Bertz CT molecular complexity index is 814.